The van der Waals surface area contributed by atoms with Crippen LogP contribution in [0.25, 0.3) is 5.70 Å². The van der Waals surface area contributed by atoms with E-state index in [9.17, 15) is 10.2 Å². The molecule has 0 fully saturated rings. The average Bonchev–Trinajstić information content (AvgIpc) is 3.04. The molecular formula is C22H23NO4. The van der Waals surface area contributed by atoms with Gasteiger partial charge >= 0.3 is 0 Å². The van der Waals surface area contributed by atoms with E-state index < -0.39 is 0 Å². The van der Waals surface area contributed by atoms with E-state index in [0.29, 0.717) is 17.4 Å². The van der Waals surface area contributed by atoms with Crippen molar-refractivity contribution in [2.45, 2.75) is 18.8 Å². The van der Waals surface area contributed by atoms with Gasteiger partial charge in [0.2, 0.25) is 0 Å². The Hall–Kier alpha value is -3.08. The van der Waals surface area contributed by atoms with E-state index in [4.69, 9.17) is 9.47 Å². The van der Waals surface area contributed by atoms with Crippen LogP contribution in [-0.4, -0.2) is 29.0 Å². The fraction of sp³-hybridized carbons (Fsp3) is 0.273. The number of allylic oxidation sites excluding steroid dienone is 6. The summed E-state index contributed by atoms with van der Waals surface area (Å²) < 4.78 is 12.3. The molecule has 2 N–H and O–H groups in total. The first-order chi connectivity index (χ1) is 13.1. The van der Waals surface area contributed by atoms with Crippen molar-refractivity contribution in [2.75, 3.05) is 14.2 Å². The number of rotatable bonds is 4. The normalized spacial score (nSPS) is 21.3. The molecule has 1 aromatic heterocycles. The molecule has 0 radical (unpaired) electrons. The first-order valence-electron chi connectivity index (χ1n) is 9.04. The molecule has 0 saturated heterocycles. The Labute approximate surface area is 158 Å². The summed E-state index contributed by atoms with van der Waals surface area (Å²) >= 11 is 0. The second-order valence-electron chi connectivity index (χ2n) is 6.85. The molecule has 0 bridgehead atoms. The minimum Gasteiger partial charge on any atom is -0.494 e. The zero-order chi connectivity index (χ0) is 19.0. The van der Waals surface area contributed by atoms with Gasteiger partial charge < -0.3 is 19.7 Å². The fourth-order valence-electron chi connectivity index (χ4n) is 4.05. The number of methoxy groups -OCH3 is 2. The quantitative estimate of drug-likeness (QED) is 0.840. The van der Waals surface area contributed by atoms with Gasteiger partial charge in [0.15, 0.2) is 23.3 Å². The van der Waals surface area contributed by atoms with Gasteiger partial charge in [0.05, 0.1) is 14.2 Å². The van der Waals surface area contributed by atoms with Crippen molar-refractivity contribution in [3.8, 4) is 23.3 Å². The van der Waals surface area contributed by atoms with Gasteiger partial charge in [0, 0.05) is 23.7 Å². The lowest BCUT2D eigenvalue weighted by Crippen LogP contribution is -2.20. The largest absolute Gasteiger partial charge is 0.494 e. The molecule has 0 saturated carbocycles. The summed E-state index contributed by atoms with van der Waals surface area (Å²) in [6.07, 6.45) is 10.5. The van der Waals surface area contributed by atoms with Crippen molar-refractivity contribution >= 4 is 5.70 Å². The molecular weight excluding hydrogens is 342 g/mol. The van der Waals surface area contributed by atoms with Gasteiger partial charge in [-0.3, -0.25) is 4.57 Å². The van der Waals surface area contributed by atoms with Crippen molar-refractivity contribution in [1.29, 1.82) is 0 Å². The second-order valence-corrected chi connectivity index (χ2v) is 6.85. The van der Waals surface area contributed by atoms with E-state index in [2.05, 4.69) is 24.3 Å². The molecule has 2 unspecified atom stereocenters. The molecule has 0 amide bonds. The number of ether oxygens (including phenoxy) is 2. The SMILES string of the molecule is COc1ccc(C2C=C(n3c(O)ccc3O)C=C3C=CCCC32)cc1OC. The van der Waals surface area contributed by atoms with Crippen LogP contribution < -0.4 is 9.47 Å². The molecule has 0 spiro atoms. The van der Waals surface area contributed by atoms with E-state index in [1.54, 1.807) is 14.2 Å². The van der Waals surface area contributed by atoms with Crippen LogP contribution in [0, 0.1) is 5.92 Å². The highest BCUT2D eigenvalue weighted by molar-refractivity contribution is 5.68. The number of aromatic nitrogens is 1. The Morgan fingerprint density at radius 1 is 1.00 bits per heavy atom. The van der Waals surface area contributed by atoms with Crippen molar-refractivity contribution in [2.24, 2.45) is 5.92 Å². The topological polar surface area (TPSA) is 63.9 Å². The zero-order valence-corrected chi connectivity index (χ0v) is 15.4. The Bertz CT molecular complexity index is 932. The minimum atomic E-state index is 0.0138. The number of hydrogen-bond donors (Lipinski definition) is 2. The van der Waals surface area contributed by atoms with Crippen LogP contribution in [0.15, 0.2) is 60.2 Å². The van der Waals surface area contributed by atoms with E-state index in [1.807, 2.05) is 18.2 Å². The molecule has 1 heterocycles. The molecule has 2 aliphatic carbocycles. The number of benzene rings is 1. The Morgan fingerprint density at radius 3 is 2.44 bits per heavy atom. The third-order valence-electron chi connectivity index (χ3n) is 5.37. The van der Waals surface area contributed by atoms with Gasteiger partial charge in [-0.2, -0.15) is 0 Å². The van der Waals surface area contributed by atoms with Crippen molar-refractivity contribution < 1.29 is 19.7 Å². The van der Waals surface area contributed by atoms with Gasteiger partial charge in [-0.15, -0.1) is 0 Å². The van der Waals surface area contributed by atoms with Crippen LogP contribution >= 0.6 is 0 Å². The minimum absolute atomic E-state index is 0.0138. The number of aromatic hydroxyl groups is 2. The van der Waals surface area contributed by atoms with Gasteiger partial charge in [0.25, 0.3) is 0 Å². The maximum atomic E-state index is 10.2. The summed E-state index contributed by atoms with van der Waals surface area (Å²) in [6.45, 7) is 0. The summed E-state index contributed by atoms with van der Waals surface area (Å²) in [5, 5.41) is 20.3. The van der Waals surface area contributed by atoms with E-state index in [0.717, 1.165) is 24.1 Å². The smallest absolute Gasteiger partial charge is 0.198 e. The van der Waals surface area contributed by atoms with Crippen molar-refractivity contribution in [3.05, 3.63) is 65.8 Å². The standard InChI is InChI=1S/C22H23NO4/c1-26-19-8-7-15(12-20(19)27-2)18-13-16(23-21(24)9-10-22(23)25)11-14-5-3-4-6-17(14)18/h3,5,7-13,17-18,24-25H,4,6H2,1-2H3. The van der Waals surface area contributed by atoms with Crippen molar-refractivity contribution in [3.63, 3.8) is 0 Å². The van der Waals surface area contributed by atoms with Crippen molar-refractivity contribution in [1.82, 2.24) is 4.57 Å². The Morgan fingerprint density at radius 2 is 1.74 bits per heavy atom. The Kier molecular flexibility index (Phi) is 4.44. The summed E-state index contributed by atoms with van der Waals surface area (Å²) in [7, 11) is 3.26. The summed E-state index contributed by atoms with van der Waals surface area (Å²) in [5.41, 5.74) is 3.07. The maximum Gasteiger partial charge on any atom is 0.198 e. The van der Waals surface area contributed by atoms with Crippen LogP contribution in [0.5, 0.6) is 23.3 Å². The van der Waals surface area contributed by atoms with Gasteiger partial charge in [-0.05, 0) is 48.1 Å². The van der Waals surface area contributed by atoms with Gasteiger partial charge in [0.1, 0.15) is 0 Å². The monoisotopic (exact) mass is 365 g/mol. The third-order valence-corrected chi connectivity index (χ3v) is 5.37. The first kappa shape index (κ1) is 17.3. The van der Waals surface area contributed by atoms with Crippen LogP contribution in [0.2, 0.25) is 0 Å². The lowest BCUT2D eigenvalue weighted by atomic mass is 9.73. The van der Waals surface area contributed by atoms with Crippen LogP contribution in [0.3, 0.4) is 0 Å². The van der Waals surface area contributed by atoms with Crippen LogP contribution in [0.4, 0.5) is 0 Å². The highest BCUT2D eigenvalue weighted by atomic mass is 16.5. The van der Waals surface area contributed by atoms with E-state index in [-0.39, 0.29) is 17.7 Å². The Balaban J connectivity index is 1.83. The summed E-state index contributed by atoms with van der Waals surface area (Å²) in [6, 6.07) is 8.96. The number of hydrogen-bond acceptors (Lipinski definition) is 4. The summed E-state index contributed by atoms with van der Waals surface area (Å²) in [5.74, 6) is 1.86. The fourth-order valence-corrected chi connectivity index (χ4v) is 4.05. The highest BCUT2D eigenvalue weighted by Gasteiger charge is 2.30. The molecule has 140 valence electrons. The average molecular weight is 365 g/mol. The van der Waals surface area contributed by atoms with Gasteiger partial charge in [-0.25, -0.2) is 0 Å². The molecule has 2 atom stereocenters. The van der Waals surface area contributed by atoms with Gasteiger partial charge in [-0.1, -0.05) is 24.3 Å². The molecule has 5 heteroatoms. The molecule has 27 heavy (non-hydrogen) atoms. The van der Waals surface area contributed by atoms with Crippen LogP contribution in [-0.2, 0) is 0 Å². The predicted octanol–water partition coefficient (Wildman–Crippen LogP) is 4.45. The predicted molar refractivity (Wildman–Crippen MR) is 104 cm³/mol. The zero-order valence-electron chi connectivity index (χ0n) is 15.4. The van der Waals surface area contributed by atoms with E-state index in [1.165, 1.54) is 22.3 Å². The maximum absolute atomic E-state index is 10.2. The summed E-state index contributed by atoms with van der Waals surface area (Å²) in [4.78, 5) is 0. The highest BCUT2D eigenvalue weighted by Crippen LogP contribution is 2.45. The van der Waals surface area contributed by atoms with Crippen LogP contribution in [0.1, 0.15) is 24.3 Å². The number of nitrogens with zero attached hydrogens (tertiary/aromatic N) is 1. The van der Waals surface area contributed by atoms with E-state index >= 15 is 0 Å². The second kappa shape index (κ2) is 6.91. The molecule has 4 rings (SSSR count). The molecule has 1 aromatic carbocycles. The molecule has 5 nitrogen and oxygen atoms in total. The number of fused-ring (bicyclic) bond motifs is 1. The molecule has 2 aliphatic rings. The third kappa shape index (κ3) is 2.99. The molecule has 0 aliphatic heterocycles. The lowest BCUT2D eigenvalue weighted by Gasteiger charge is -2.33. The molecule has 2 aromatic rings. The first-order valence-corrected chi connectivity index (χ1v) is 9.04. The lowest BCUT2D eigenvalue weighted by molar-refractivity contribution is 0.354.